The molecule has 0 spiro atoms. The Morgan fingerprint density at radius 2 is 2.04 bits per heavy atom. The van der Waals surface area contributed by atoms with Crippen molar-refractivity contribution in [3.63, 3.8) is 0 Å². The number of benzene rings is 1. The average Bonchev–Trinajstić information content (AvgIpc) is 3.10. The summed E-state index contributed by atoms with van der Waals surface area (Å²) in [5.41, 5.74) is 6.02. The number of rotatable bonds is 4. The van der Waals surface area contributed by atoms with E-state index < -0.39 is 5.97 Å². The van der Waals surface area contributed by atoms with Crippen LogP contribution in [0.1, 0.15) is 11.3 Å². The van der Waals surface area contributed by atoms with E-state index in [9.17, 15) is 4.79 Å². The Morgan fingerprint density at radius 1 is 1.15 bits per heavy atom. The number of carboxylic acid groups (broad SMARTS) is 1. The summed E-state index contributed by atoms with van der Waals surface area (Å²) in [6.07, 6.45) is 3.34. The van der Waals surface area contributed by atoms with Crippen molar-refractivity contribution in [3.8, 4) is 22.5 Å². The second kappa shape index (κ2) is 6.40. The molecule has 2 N–H and O–H groups in total. The van der Waals surface area contributed by atoms with Gasteiger partial charge >= 0.3 is 5.97 Å². The summed E-state index contributed by atoms with van der Waals surface area (Å²) in [7, 11) is 0. The topological polar surface area (TPSA) is 91.8 Å². The van der Waals surface area contributed by atoms with E-state index in [2.05, 4.69) is 20.2 Å². The van der Waals surface area contributed by atoms with Gasteiger partial charge in [0.1, 0.15) is 0 Å². The molecule has 4 aromatic rings. The zero-order chi connectivity index (χ0) is 18.1. The summed E-state index contributed by atoms with van der Waals surface area (Å²) >= 11 is 0. The highest BCUT2D eigenvalue weighted by atomic mass is 16.4. The molecule has 0 unspecified atom stereocenters. The number of aromatic amines is 1. The highest BCUT2D eigenvalue weighted by molar-refractivity contribution is 5.88. The van der Waals surface area contributed by atoms with Crippen LogP contribution in [0.2, 0.25) is 0 Å². The Balaban J connectivity index is 1.80. The molecule has 26 heavy (non-hydrogen) atoms. The molecule has 0 atom stereocenters. The third kappa shape index (κ3) is 3.04. The van der Waals surface area contributed by atoms with Crippen LogP contribution in [0.4, 0.5) is 0 Å². The van der Waals surface area contributed by atoms with E-state index in [1.165, 1.54) is 0 Å². The molecule has 0 aliphatic rings. The summed E-state index contributed by atoms with van der Waals surface area (Å²) in [6.45, 7) is 1.95. The first-order chi connectivity index (χ1) is 12.6. The summed E-state index contributed by atoms with van der Waals surface area (Å²) in [5, 5.41) is 17.1. The summed E-state index contributed by atoms with van der Waals surface area (Å²) < 4.78 is 0. The van der Waals surface area contributed by atoms with Crippen molar-refractivity contribution in [2.24, 2.45) is 0 Å². The monoisotopic (exact) mass is 344 g/mol. The number of pyridine rings is 2. The number of hydrogen-bond acceptors (Lipinski definition) is 4. The normalized spacial score (nSPS) is 11.0. The number of aryl methyl sites for hydroxylation is 1. The van der Waals surface area contributed by atoms with Gasteiger partial charge in [-0.25, -0.2) is 0 Å². The van der Waals surface area contributed by atoms with Gasteiger partial charge in [-0.05, 0) is 48.4 Å². The molecule has 1 aromatic carbocycles. The van der Waals surface area contributed by atoms with Gasteiger partial charge in [0.2, 0.25) is 0 Å². The summed E-state index contributed by atoms with van der Waals surface area (Å²) in [5.74, 6) is -0.870. The fraction of sp³-hybridized carbons (Fsp3) is 0.100. The third-order valence-electron chi connectivity index (χ3n) is 4.19. The number of fused-ring (bicyclic) bond motifs is 1. The Morgan fingerprint density at radius 3 is 2.85 bits per heavy atom. The maximum absolute atomic E-state index is 10.9. The van der Waals surface area contributed by atoms with Gasteiger partial charge in [-0.3, -0.25) is 19.9 Å². The van der Waals surface area contributed by atoms with E-state index in [4.69, 9.17) is 5.11 Å². The zero-order valence-corrected chi connectivity index (χ0v) is 14.1. The molecule has 0 aliphatic carbocycles. The van der Waals surface area contributed by atoms with Crippen molar-refractivity contribution >= 4 is 16.9 Å². The summed E-state index contributed by atoms with van der Waals surface area (Å²) in [6, 6.07) is 13.6. The van der Waals surface area contributed by atoms with Crippen LogP contribution >= 0.6 is 0 Å². The minimum atomic E-state index is -0.870. The maximum atomic E-state index is 10.9. The molecule has 0 fully saturated rings. The first-order valence-electron chi connectivity index (χ1n) is 8.18. The average molecular weight is 344 g/mol. The van der Waals surface area contributed by atoms with Crippen molar-refractivity contribution in [3.05, 3.63) is 66.1 Å². The largest absolute Gasteiger partial charge is 0.481 e. The fourth-order valence-electron chi connectivity index (χ4n) is 3.00. The van der Waals surface area contributed by atoms with Gasteiger partial charge in [0.15, 0.2) is 0 Å². The van der Waals surface area contributed by atoms with Gasteiger partial charge in [-0.2, -0.15) is 5.10 Å². The molecule has 3 heterocycles. The Bertz CT molecular complexity index is 1120. The second-order valence-corrected chi connectivity index (χ2v) is 6.14. The molecule has 0 saturated heterocycles. The van der Waals surface area contributed by atoms with E-state index in [0.717, 1.165) is 39.1 Å². The van der Waals surface area contributed by atoms with E-state index >= 15 is 0 Å². The van der Waals surface area contributed by atoms with Crippen LogP contribution in [-0.4, -0.2) is 31.2 Å². The molecule has 0 bridgehead atoms. The van der Waals surface area contributed by atoms with Gasteiger partial charge in [-0.1, -0.05) is 12.1 Å². The number of nitrogens with one attached hydrogen (secondary N) is 1. The first kappa shape index (κ1) is 16.0. The number of carboxylic acids is 1. The standard InChI is InChI=1S/C20H16N4O2/c1-12-3-2-4-18(23-12)20-16(11-22-24-20)14-5-6-17-15(9-14)7-13(10-21-17)8-19(25)26/h2-7,9-11H,8H2,1H3,(H,22,24)(H,25,26). The number of hydrogen-bond donors (Lipinski definition) is 2. The summed E-state index contributed by atoms with van der Waals surface area (Å²) in [4.78, 5) is 19.9. The quantitative estimate of drug-likeness (QED) is 0.590. The van der Waals surface area contributed by atoms with Crippen molar-refractivity contribution in [1.29, 1.82) is 0 Å². The Kier molecular flexibility index (Phi) is 3.93. The lowest BCUT2D eigenvalue weighted by Crippen LogP contribution is -2.00. The van der Waals surface area contributed by atoms with Gasteiger partial charge in [0.05, 0.1) is 29.5 Å². The highest BCUT2D eigenvalue weighted by Crippen LogP contribution is 2.31. The van der Waals surface area contributed by atoms with Crippen LogP contribution in [0.3, 0.4) is 0 Å². The molecule has 0 aliphatic heterocycles. The van der Waals surface area contributed by atoms with Crippen LogP contribution in [-0.2, 0) is 11.2 Å². The minimum Gasteiger partial charge on any atom is -0.481 e. The molecule has 3 aromatic heterocycles. The molecule has 128 valence electrons. The minimum absolute atomic E-state index is 0.0443. The predicted octanol–water partition coefficient (Wildman–Crippen LogP) is 3.62. The van der Waals surface area contributed by atoms with Gasteiger partial charge in [0.25, 0.3) is 0 Å². The molecular formula is C20H16N4O2. The zero-order valence-electron chi connectivity index (χ0n) is 14.1. The number of nitrogens with zero attached hydrogens (tertiary/aromatic N) is 3. The van der Waals surface area contributed by atoms with E-state index in [0.29, 0.717) is 5.56 Å². The smallest absolute Gasteiger partial charge is 0.307 e. The van der Waals surface area contributed by atoms with E-state index in [-0.39, 0.29) is 6.42 Å². The van der Waals surface area contributed by atoms with Crippen LogP contribution < -0.4 is 0 Å². The van der Waals surface area contributed by atoms with E-state index in [1.54, 1.807) is 12.4 Å². The van der Waals surface area contributed by atoms with Gasteiger partial charge in [0, 0.05) is 22.8 Å². The SMILES string of the molecule is Cc1cccc(-c2[nH]ncc2-c2ccc3ncc(CC(=O)O)cc3c2)n1. The van der Waals surface area contributed by atoms with Crippen molar-refractivity contribution in [1.82, 2.24) is 20.2 Å². The molecular weight excluding hydrogens is 328 g/mol. The lowest BCUT2D eigenvalue weighted by molar-refractivity contribution is -0.136. The van der Waals surface area contributed by atoms with Crippen LogP contribution in [0.5, 0.6) is 0 Å². The molecule has 0 radical (unpaired) electrons. The van der Waals surface area contributed by atoms with Crippen LogP contribution in [0, 0.1) is 6.92 Å². The number of H-pyrrole nitrogens is 1. The van der Waals surface area contributed by atoms with Crippen molar-refractivity contribution in [2.75, 3.05) is 0 Å². The van der Waals surface area contributed by atoms with Crippen molar-refractivity contribution in [2.45, 2.75) is 13.3 Å². The van der Waals surface area contributed by atoms with E-state index in [1.807, 2.05) is 49.4 Å². The maximum Gasteiger partial charge on any atom is 0.307 e. The lowest BCUT2D eigenvalue weighted by atomic mass is 10.0. The second-order valence-electron chi connectivity index (χ2n) is 6.14. The molecule has 6 nitrogen and oxygen atoms in total. The first-order valence-corrected chi connectivity index (χ1v) is 8.18. The van der Waals surface area contributed by atoms with Crippen molar-refractivity contribution < 1.29 is 9.90 Å². The number of carbonyl (C=O) groups is 1. The fourth-order valence-corrected chi connectivity index (χ4v) is 3.00. The highest BCUT2D eigenvalue weighted by Gasteiger charge is 2.12. The Hall–Kier alpha value is -3.54. The molecule has 4 rings (SSSR count). The van der Waals surface area contributed by atoms with Crippen LogP contribution in [0.15, 0.2) is 54.9 Å². The lowest BCUT2D eigenvalue weighted by Gasteiger charge is -2.06. The third-order valence-corrected chi connectivity index (χ3v) is 4.19. The molecule has 0 saturated carbocycles. The van der Waals surface area contributed by atoms with Crippen LogP contribution in [0.25, 0.3) is 33.4 Å². The molecule has 6 heteroatoms. The predicted molar refractivity (Wildman–Crippen MR) is 98.6 cm³/mol. The molecule has 0 amide bonds. The van der Waals surface area contributed by atoms with Gasteiger partial charge < -0.3 is 5.11 Å². The van der Waals surface area contributed by atoms with Gasteiger partial charge in [-0.15, -0.1) is 0 Å². The number of aliphatic carboxylic acids is 1. The Labute approximate surface area is 149 Å². The number of aromatic nitrogens is 4.